The lowest BCUT2D eigenvalue weighted by Crippen LogP contribution is -2.27. The molecule has 1 unspecified atom stereocenters. The van der Waals surface area contributed by atoms with Gasteiger partial charge in [0.2, 0.25) is 0 Å². The van der Waals surface area contributed by atoms with E-state index in [1.807, 2.05) is 25.1 Å². The molecule has 25 heavy (non-hydrogen) atoms. The number of anilines is 1. The molecule has 2 aliphatic rings. The van der Waals surface area contributed by atoms with Crippen LogP contribution in [0.25, 0.3) is 0 Å². The molecule has 0 amide bonds. The summed E-state index contributed by atoms with van der Waals surface area (Å²) in [5.74, 6) is 2.96. The van der Waals surface area contributed by atoms with Gasteiger partial charge in [-0.05, 0) is 31.0 Å². The van der Waals surface area contributed by atoms with Gasteiger partial charge < -0.3 is 19.5 Å². The maximum absolute atomic E-state index is 9.40. The van der Waals surface area contributed by atoms with Crippen molar-refractivity contribution in [3.05, 3.63) is 46.9 Å². The Balaban J connectivity index is 1.64. The monoisotopic (exact) mass is 341 g/mol. The van der Waals surface area contributed by atoms with Crippen LogP contribution in [0.1, 0.15) is 35.0 Å². The van der Waals surface area contributed by atoms with Crippen LogP contribution in [0.2, 0.25) is 0 Å². The zero-order chi connectivity index (χ0) is 17.2. The molecular weight excluding hydrogens is 318 g/mol. The molecule has 2 aromatic rings. The summed E-state index contributed by atoms with van der Waals surface area (Å²) in [4.78, 5) is 11.5. The van der Waals surface area contributed by atoms with Gasteiger partial charge in [-0.3, -0.25) is 0 Å². The van der Waals surface area contributed by atoms with Gasteiger partial charge in [-0.25, -0.2) is 9.97 Å². The Morgan fingerprint density at radius 3 is 2.96 bits per heavy atom. The van der Waals surface area contributed by atoms with Crippen LogP contribution in [0.5, 0.6) is 5.75 Å². The van der Waals surface area contributed by atoms with E-state index in [1.54, 1.807) is 0 Å². The summed E-state index contributed by atoms with van der Waals surface area (Å²) >= 11 is 0. The minimum absolute atomic E-state index is 0.0335. The molecule has 0 saturated carbocycles. The van der Waals surface area contributed by atoms with Crippen LogP contribution in [0.3, 0.4) is 0 Å². The highest BCUT2D eigenvalue weighted by Gasteiger charge is 2.23. The highest BCUT2D eigenvalue weighted by molar-refractivity contribution is 5.46. The lowest BCUT2D eigenvalue weighted by atomic mass is 10.0. The summed E-state index contributed by atoms with van der Waals surface area (Å²) in [5, 5.41) is 9.40. The molecule has 1 N–H and O–H groups in total. The summed E-state index contributed by atoms with van der Waals surface area (Å²) in [6.45, 7) is 5.59. The van der Waals surface area contributed by atoms with Gasteiger partial charge >= 0.3 is 0 Å². The molecular formula is C19H23N3O3. The number of aryl methyl sites for hydroxylation is 1. The highest BCUT2D eigenvalue weighted by Crippen LogP contribution is 2.29. The largest absolute Gasteiger partial charge is 0.491 e. The van der Waals surface area contributed by atoms with E-state index in [1.165, 1.54) is 0 Å². The maximum Gasteiger partial charge on any atom is 0.132 e. The number of rotatable bonds is 3. The fraction of sp³-hybridized carbons (Fsp3) is 0.474. The van der Waals surface area contributed by atoms with E-state index in [4.69, 9.17) is 9.47 Å². The fourth-order valence-corrected chi connectivity index (χ4v) is 3.45. The predicted octanol–water partition coefficient (Wildman–Crippen LogP) is 2.18. The van der Waals surface area contributed by atoms with Crippen molar-refractivity contribution in [2.45, 2.75) is 32.4 Å². The van der Waals surface area contributed by atoms with Crippen molar-refractivity contribution in [2.75, 3.05) is 31.3 Å². The van der Waals surface area contributed by atoms with Gasteiger partial charge in [-0.15, -0.1) is 0 Å². The molecule has 1 fully saturated rings. The van der Waals surface area contributed by atoms with E-state index in [-0.39, 0.29) is 6.61 Å². The second kappa shape index (κ2) is 6.98. The molecule has 0 aliphatic carbocycles. The molecule has 1 atom stereocenters. The molecule has 6 heteroatoms. The second-order valence-electron chi connectivity index (χ2n) is 6.63. The Morgan fingerprint density at radius 1 is 1.24 bits per heavy atom. The minimum Gasteiger partial charge on any atom is -0.491 e. The van der Waals surface area contributed by atoms with Gasteiger partial charge in [0, 0.05) is 30.7 Å². The van der Waals surface area contributed by atoms with Gasteiger partial charge in [-0.2, -0.15) is 0 Å². The van der Waals surface area contributed by atoms with Crippen LogP contribution in [-0.2, 0) is 17.9 Å². The molecule has 1 aromatic carbocycles. The molecule has 4 rings (SSSR count). The molecule has 0 spiro atoms. The zero-order valence-corrected chi connectivity index (χ0v) is 14.4. The highest BCUT2D eigenvalue weighted by atomic mass is 16.5. The van der Waals surface area contributed by atoms with Crippen molar-refractivity contribution in [3.63, 3.8) is 0 Å². The summed E-state index contributed by atoms with van der Waals surface area (Å²) in [6, 6.07) is 7.94. The number of fused-ring (bicyclic) bond motifs is 1. The number of aliphatic hydroxyl groups excluding tert-OH is 1. The first-order valence-electron chi connectivity index (χ1n) is 8.76. The van der Waals surface area contributed by atoms with E-state index >= 15 is 0 Å². The van der Waals surface area contributed by atoms with Crippen molar-refractivity contribution >= 4 is 5.82 Å². The lowest BCUT2D eigenvalue weighted by molar-refractivity contribution is 0.193. The Morgan fingerprint density at radius 2 is 2.16 bits per heavy atom. The van der Waals surface area contributed by atoms with Crippen LogP contribution in [0.4, 0.5) is 5.82 Å². The predicted molar refractivity (Wildman–Crippen MR) is 93.9 cm³/mol. The topological polar surface area (TPSA) is 67.7 Å². The standard InChI is InChI=1S/C19H23N3O3/c1-13-20-17(15-4-6-24-12-15)9-19(21-13)22-5-7-25-18-3-2-14(11-23)8-16(18)10-22/h2-3,8-9,15,23H,4-7,10-12H2,1H3. The first-order chi connectivity index (χ1) is 12.2. The number of aliphatic hydroxyl groups is 1. The number of hydrogen-bond acceptors (Lipinski definition) is 6. The van der Waals surface area contributed by atoms with Crippen LogP contribution in [-0.4, -0.2) is 41.4 Å². The van der Waals surface area contributed by atoms with E-state index in [0.717, 1.165) is 60.4 Å². The molecule has 6 nitrogen and oxygen atoms in total. The van der Waals surface area contributed by atoms with Crippen LogP contribution in [0, 0.1) is 6.92 Å². The molecule has 1 saturated heterocycles. The second-order valence-corrected chi connectivity index (χ2v) is 6.63. The van der Waals surface area contributed by atoms with Crippen molar-refractivity contribution in [1.29, 1.82) is 0 Å². The number of aromatic nitrogens is 2. The summed E-state index contributed by atoms with van der Waals surface area (Å²) in [7, 11) is 0. The summed E-state index contributed by atoms with van der Waals surface area (Å²) < 4.78 is 11.4. The van der Waals surface area contributed by atoms with Crippen LogP contribution in [0.15, 0.2) is 24.3 Å². The fourth-order valence-electron chi connectivity index (χ4n) is 3.45. The Kier molecular flexibility index (Phi) is 4.55. The lowest BCUT2D eigenvalue weighted by Gasteiger charge is -2.22. The average Bonchev–Trinajstić information content (AvgIpc) is 3.07. The van der Waals surface area contributed by atoms with Gasteiger partial charge in [-0.1, -0.05) is 6.07 Å². The Labute approximate surface area is 147 Å². The molecule has 2 aliphatic heterocycles. The third-order valence-corrected chi connectivity index (χ3v) is 4.80. The molecule has 1 aromatic heterocycles. The summed E-state index contributed by atoms with van der Waals surface area (Å²) in [6.07, 6.45) is 1.02. The van der Waals surface area contributed by atoms with Crippen molar-refractivity contribution in [2.24, 2.45) is 0 Å². The van der Waals surface area contributed by atoms with Crippen LogP contribution < -0.4 is 9.64 Å². The third-order valence-electron chi connectivity index (χ3n) is 4.80. The maximum atomic E-state index is 9.40. The van der Waals surface area contributed by atoms with E-state index in [9.17, 15) is 5.11 Å². The zero-order valence-electron chi connectivity index (χ0n) is 14.4. The van der Waals surface area contributed by atoms with Crippen molar-refractivity contribution < 1.29 is 14.6 Å². The SMILES string of the molecule is Cc1nc(C2CCOC2)cc(N2CCOc3ccc(CO)cc3C2)n1. The van der Waals surface area contributed by atoms with Gasteiger partial charge in [0.05, 0.1) is 25.5 Å². The molecule has 0 radical (unpaired) electrons. The van der Waals surface area contributed by atoms with Crippen molar-refractivity contribution in [1.82, 2.24) is 9.97 Å². The molecule has 3 heterocycles. The molecule has 132 valence electrons. The van der Waals surface area contributed by atoms with Gasteiger partial charge in [0.25, 0.3) is 0 Å². The van der Waals surface area contributed by atoms with Gasteiger partial charge in [0.15, 0.2) is 0 Å². The first-order valence-corrected chi connectivity index (χ1v) is 8.76. The van der Waals surface area contributed by atoms with Gasteiger partial charge in [0.1, 0.15) is 24.0 Å². The van der Waals surface area contributed by atoms with E-state index in [2.05, 4.69) is 20.9 Å². The number of nitrogens with zero attached hydrogens (tertiary/aromatic N) is 3. The van der Waals surface area contributed by atoms with E-state index in [0.29, 0.717) is 19.1 Å². The quantitative estimate of drug-likeness (QED) is 0.923. The average molecular weight is 341 g/mol. The number of ether oxygens (including phenoxy) is 2. The molecule has 0 bridgehead atoms. The minimum atomic E-state index is 0.0335. The van der Waals surface area contributed by atoms with Crippen molar-refractivity contribution in [3.8, 4) is 5.75 Å². The summed E-state index contributed by atoms with van der Waals surface area (Å²) in [5.41, 5.74) is 3.03. The number of hydrogen-bond donors (Lipinski definition) is 1. The number of benzene rings is 1. The van der Waals surface area contributed by atoms with Crippen LogP contribution >= 0.6 is 0 Å². The first kappa shape index (κ1) is 16.3. The normalized spacial score (nSPS) is 20.1. The third kappa shape index (κ3) is 3.45. The van der Waals surface area contributed by atoms with E-state index < -0.39 is 0 Å². The smallest absolute Gasteiger partial charge is 0.132 e. The Hall–Kier alpha value is -2.18. The Bertz CT molecular complexity index is 760.